The first-order valence-corrected chi connectivity index (χ1v) is 4.65. The molecule has 0 aromatic rings. The molecule has 3 heteroatoms. The second-order valence-electron chi connectivity index (χ2n) is 3.21. The fourth-order valence-corrected chi connectivity index (χ4v) is 1.18. The maximum Gasteiger partial charge on any atom is 0.333 e. The van der Waals surface area contributed by atoms with Crippen LogP contribution in [0.1, 0.15) is 26.7 Å². The van der Waals surface area contributed by atoms with Crippen LogP contribution in [-0.2, 0) is 14.3 Å². The van der Waals surface area contributed by atoms with E-state index in [-0.39, 0.29) is 12.1 Å². The minimum absolute atomic E-state index is 0.119. The smallest absolute Gasteiger partial charge is 0.333 e. The highest BCUT2D eigenvalue weighted by Crippen LogP contribution is 2.12. The second-order valence-corrected chi connectivity index (χ2v) is 3.21. The lowest BCUT2D eigenvalue weighted by Gasteiger charge is -2.09. The Morgan fingerprint density at radius 2 is 2.46 bits per heavy atom. The van der Waals surface area contributed by atoms with Gasteiger partial charge >= 0.3 is 5.97 Å². The molecule has 1 saturated heterocycles. The monoisotopic (exact) mass is 184 g/mol. The van der Waals surface area contributed by atoms with E-state index < -0.39 is 0 Å². The lowest BCUT2D eigenvalue weighted by molar-refractivity contribution is -0.142. The van der Waals surface area contributed by atoms with Gasteiger partial charge < -0.3 is 9.47 Å². The first-order valence-electron chi connectivity index (χ1n) is 4.65. The van der Waals surface area contributed by atoms with Gasteiger partial charge in [-0.25, -0.2) is 4.79 Å². The van der Waals surface area contributed by atoms with E-state index in [1.807, 2.05) is 6.92 Å². The van der Waals surface area contributed by atoms with Crippen molar-refractivity contribution in [3.63, 3.8) is 0 Å². The lowest BCUT2D eigenvalue weighted by Crippen LogP contribution is -2.18. The lowest BCUT2D eigenvalue weighted by atomic mass is 10.2. The largest absolute Gasteiger partial charge is 0.460 e. The Labute approximate surface area is 78.7 Å². The van der Waals surface area contributed by atoms with Crippen LogP contribution in [0.2, 0.25) is 0 Å². The molecule has 0 aliphatic carbocycles. The summed E-state index contributed by atoms with van der Waals surface area (Å²) in [6.07, 6.45) is 3.94. The van der Waals surface area contributed by atoms with Crippen LogP contribution in [0.25, 0.3) is 0 Å². The number of allylic oxidation sites excluding steroid dienone is 1. The van der Waals surface area contributed by atoms with E-state index in [1.165, 1.54) is 0 Å². The summed E-state index contributed by atoms with van der Waals surface area (Å²) in [5.41, 5.74) is 0.651. The third-order valence-electron chi connectivity index (χ3n) is 2.18. The summed E-state index contributed by atoms with van der Waals surface area (Å²) in [5.74, 6) is -0.238. The van der Waals surface area contributed by atoms with Gasteiger partial charge in [0.25, 0.3) is 0 Å². The van der Waals surface area contributed by atoms with Crippen molar-refractivity contribution in [2.45, 2.75) is 32.8 Å². The first kappa shape index (κ1) is 10.3. The zero-order valence-corrected chi connectivity index (χ0v) is 8.21. The summed E-state index contributed by atoms with van der Waals surface area (Å²) in [6.45, 7) is 4.76. The van der Waals surface area contributed by atoms with Crippen LogP contribution in [0.3, 0.4) is 0 Å². The SMILES string of the molecule is CC=C(C)C(=O)OCC1CCCO1. The van der Waals surface area contributed by atoms with Crippen LogP contribution in [0, 0.1) is 0 Å². The van der Waals surface area contributed by atoms with Gasteiger partial charge in [-0.2, -0.15) is 0 Å². The summed E-state index contributed by atoms with van der Waals surface area (Å²) in [6, 6.07) is 0. The zero-order chi connectivity index (χ0) is 9.68. The van der Waals surface area contributed by atoms with Crippen molar-refractivity contribution in [2.24, 2.45) is 0 Å². The third-order valence-corrected chi connectivity index (χ3v) is 2.18. The number of hydrogen-bond donors (Lipinski definition) is 0. The van der Waals surface area contributed by atoms with Crippen LogP contribution >= 0.6 is 0 Å². The normalized spacial score (nSPS) is 23.2. The molecule has 1 aliphatic heterocycles. The molecule has 1 rings (SSSR count). The first-order chi connectivity index (χ1) is 6.24. The molecule has 1 aliphatic rings. The predicted molar refractivity (Wildman–Crippen MR) is 49.4 cm³/mol. The molecular formula is C10H16O3. The van der Waals surface area contributed by atoms with E-state index >= 15 is 0 Å². The molecule has 0 N–H and O–H groups in total. The van der Waals surface area contributed by atoms with Crippen LogP contribution < -0.4 is 0 Å². The highest BCUT2D eigenvalue weighted by molar-refractivity contribution is 5.87. The molecule has 0 bridgehead atoms. The van der Waals surface area contributed by atoms with Crippen molar-refractivity contribution in [1.82, 2.24) is 0 Å². The summed E-state index contributed by atoms with van der Waals surface area (Å²) in [5, 5.41) is 0. The molecule has 13 heavy (non-hydrogen) atoms. The molecule has 0 aromatic heterocycles. The van der Waals surface area contributed by atoms with Gasteiger partial charge in [-0.15, -0.1) is 0 Å². The summed E-state index contributed by atoms with van der Waals surface area (Å²) >= 11 is 0. The van der Waals surface area contributed by atoms with Crippen molar-refractivity contribution in [3.8, 4) is 0 Å². The summed E-state index contributed by atoms with van der Waals surface area (Å²) in [4.78, 5) is 11.2. The van der Waals surface area contributed by atoms with Gasteiger partial charge in [0.1, 0.15) is 6.61 Å². The maximum absolute atomic E-state index is 11.2. The zero-order valence-electron chi connectivity index (χ0n) is 8.21. The fourth-order valence-electron chi connectivity index (χ4n) is 1.18. The highest BCUT2D eigenvalue weighted by atomic mass is 16.6. The molecule has 1 unspecified atom stereocenters. The van der Waals surface area contributed by atoms with Crippen LogP contribution in [0.15, 0.2) is 11.6 Å². The van der Waals surface area contributed by atoms with E-state index in [2.05, 4.69) is 0 Å². The molecule has 0 radical (unpaired) electrons. The highest BCUT2D eigenvalue weighted by Gasteiger charge is 2.17. The Morgan fingerprint density at radius 1 is 1.69 bits per heavy atom. The predicted octanol–water partition coefficient (Wildman–Crippen LogP) is 1.67. The van der Waals surface area contributed by atoms with Crippen molar-refractivity contribution in [3.05, 3.63) is 11.6 Å². The van der Waals surface area contributed by atoms with Crippen LogP contribution in [0.5, 0.6) is 0 Å². The quantitative estimate of drug-likeness (QED) is 0.494. The standard InChI is InChI=1S/C10H16O3/c1-3-8(2)10(11)13-7-9-5-4-6-12-9/h3,9H,4-7H2,1-2H3. The Balaban J connectivity index is 2.21. The maximum atomic E-state index is 11.2. The molecular weight excluding hydrogens is 168 g/mol. The van der Waals surface area contributed by atoms with Crippen LogP contribution in [0.4, 0.5) is 0 Å². The summed E-state index contributed by atoms with van der Waals surface area (Å²) < 4.78 is 10.4. The van der Waals surface area contributed by atoms with Gasteiger partial charge in [0.15, 0.2) is 0 Å². The van der Waals surface area contributed by atoms with Gasteiger partial charge in [0.05, 0.1) is 6.10 Å². The molecule has 0 spiro atoms. The van der Waals surface area contributed by atoms with Gasteiger partial charge in [0, 0.05) is 12.2 Å². The topological polar surface area (TPSA) is 35.5 Å². The molecule has 74 valence electrons. The van der Waals surface area contributed by atoms with Crippen molar-refractivity contribution < 1.29 is 14.3 Å². The van der Waals surface area contributed by atoms with E-state index in [9.17, 15) is 4.79 Å². The van der Waals surface area contributed by atoms with Crippen LogP contribution in [-0.4, -0.2) is 25.3 Å². The Hall–Kier alpha value is -0.830. The molecule has 1 fully saturated rings. The second kappa shape index (κ2) is 5.02. The molecule has 0 saturated carbocycles. The Bertz CT molecular complexity index is 202. The fraction of sp³-hybridized carbons (Fsp3) is 0.700. The van der Waals surface area contributed by atoms with Gasteiger partial charge in [-0.3, -0.25) is 0 Å². The molecule has 1 heterocycles. The Morgan fingerprint density at radius 3 is 3.00 bits per heavy atom. The van der Waals surface area contributed by atoms with E-state index in [0.717, 1.165) is 19.4 Å². The number of hydrogen-bond acceptors (Lipinski definition) is 3. The molecule has 0 aromatic carbocycles. The molecule has 3 nitrogen and oxygen atoms in total. The van der Waals surface area contributed by atoms with Crippen molar-refractivity contribution in [2.75, 3.05) is 13.2 Å². The summed E-state index contributed by atoms with van der Waals surface area (Å²) in [7, 11) is 0. The number of carbonyl (C=O) groups excluding carboxylic acids is 1. The molecule has 0 amide bonds. The van der Waals surface area contributed by atoms with Crippen molar-refractivity contribution >= 4 is 5.97 Å². The number of ether oxygens (including phenoxy) is 2. The van der Waals surface area contributed by atoms with Crippen molar-refractivity contribution in [1.29, 1.82) is 0 Å². The van der Waals surface area contributed by atoms with E-state index in [4.69, 9.17) is 9.47 Å². The number of carbonyl (C=O) groups is 1. The van der Waals surface area contributed by atoms with E-state index in [0.29, 0.717) is 12.2 Å². The molecule has 1 atom stereocenters. The average Bonchev–Trinajstić information content (AvgIpc) is 2.65. The average molecular weight is 184 g/mol. The number of esters is 1. The van der Waals surface area contributed by atoms with Gasteiger partial charge in [-0.1, -0.05) is 6.08 Å². The van der Waals surface area contributed by atoms with Gasteiger partial charge in [-0.05, 0) is 26.7 Å². The number of rotatable bonds is 3. The minimum atomic E-state index is -0.238. The van der Waals surface area contributed by atoms with Gasteiger partial charge in [0.2, 0.25) is 0 Å². The minimum Gasteiger partial charge on any atom is -0.460 e. The third kappa shape index (κ3) is 3.19. The Kier molecular flexibility index (Phi) is 3.96. The van der Waals surface area contributed by atoms with E-state index in [1.54, 1.807) is 13.0 Å².